The van der Waals surface area contributed by atoms with Gasteiger partial charge in [-0.3, -0.25) is 9.89 Å². The van der Waals surface area contributed by atoms with Crippen molar-refractivity contribution in [3.05, 3.63) is 11.4 Å². The number of hydrogen-bond acceptors (Lipinski definition) is 4. The first-order valence-corrected chi connectivity index (χ1v) is 8.57. The van der Waals surface area contributed by atoms with Crippen LogP contribution < -0.4 is 0 Å². The first-order valence-electron chi connectivity index (χ1n) is 6.26. The fourth-order valence-corrected chi connectivity index (χ4v) is 3.57. The molecule has 0 saturated carbocycles. The summed E-state index contributed by atoms with van der Waals surface area (Å²) in [5.41, 5.74) is 0.320. The van der Waals surface area contributed by atoms with Crippen LogP contribution in [0.1, 0.15) is 42.4 Å². The van der Waals surface area contributed by atoms with Gasteiger partial charge in [0.15, 0.2) is 5.69 Å². The van der Waals surface area contributed by atoms with Crippen LogP contribution in [0.25, 0.3) is 0 Å². The van der Waals surface area contributed by atoms with Gasteiger partial charge in [0.05, 0.1) is 5.69 Å². The first kappa shape index (κ1) is 14.3. The van der Waals surface area contributed by atoms with Crippen LogP contribution in [0.2, 0.25) is 0 Å². The molecule has 2 heterocycles. The van der Waals surface area contributed by atoms with E-state index in [9.17, 15) is 13.2 Å². The van der Waals surface area contributed by atoms with Crippen LogP contribution in [0.15, 0.2) is 4.90 Å². The molecule has 0 atom stereocenters. The van der Waals surface area contributed by atoms with E-state index in [1.807, 2.05) is 6.92 Å². The Hall–Kier alpha value is -1.08. The van der Waals surface area contributed by atoms with E-state index in [1.54, 1.807) is 4.90 Å². The Labute approximate surface area is 116 Å². The summed E-state index contributed by atoms with van der Waals surface area (Å²) < 4.78 is 23.3. The predicted octanol–water partition coefficient (Wildman–Crippen LogP) is 1.53. The number of H-pyrrole nitrogens is 1. The molecule has 19 heavy (non-hydrogen) atoms. The Bertz CT molecular complexity index is 576. The number of nitrogens with one attached hydrogen (secondary N) is 1. The van der Waals surface area contributed by atoms with Gasteiger partial charge in [0.25, 0.3) is 15.0 Å². The van der Waals surface area contributed by atoms with Gasteiger partial charge in [-0.25, -0.2) is 8.42 Å². The molecule has 1 aliphatic rings. The SMILES string of the molecule is CCCc1[nH]nc(C(=O)N2CCCC2)c1S(=O)(=O)Cl. The van der Waals surface area contributed by atoms with Crippen LogP contribution in [-0.4, -0.2) is 42.5 Å². The molecule has 0 aromatic carbocycles. The van der Waals surface area contributed by atoms with Crippen molar-refractivity contribution in [1.82, 2.24) is 15.1 Å². The Morgan fingerprint density at radius 1 is 1.42 bits per heavy atom. The van der Waals surface area contributed by atoms with Crippen molar-refractivity contribution in [1.29, 1.82) is 0 Å². The van der Waals surface area contributed by atoms with E-state index in [0.717, 1.165) is 19.3 Å². The lowest BCUT2D eigenvalue weighted by Gasteiger charge is -2.13. The van der Waals surface area contributed by atoms with Crippen molar-refractivity contribution in [3.63, 3.8) is 0 Å². The van der Waals surface area contributed by atoms with Gasteiger partial charge in [-0.2, -0.15) is 5.10 Å². The number of halogens is 1. The fourth-order valence-electron chi connectivity index (χ4n) is 2.26. The van der Waals surface area contributed by atoms with Crippen molar-refractivity contribution >= 4 is 25.6 Å². The molecule has 1 aromatic rings. The van der Waals surface area contributed by atoms with E-state index in [1.165, 1.54) is 0 Å². The van der Waals surface area contributed by atoms with Gasteiger partial charge in [-0.1, -0.05) is 13.3 Å². The van der Waals surface area contributed by atoms with Crippen molar-refractivity contribution in [3.8, 4) is 0 Å². The van der Waals surface area contributed by atoms with Gasteiger partial charge >= 0.3 is 0 Å². The number of aromatic nitrogens is 2. The maximum Gasteiger partial charge on any atom is 0.275 e. The normalized spacial score (nSPS) is 16.0. The quantitative estimate of drug-likeness (QED) is 0.855. The highest BCUT2D eigenvalue weighted by atomic mass is 35.7. The summed E-state index contributed by atoms with van der Waals surface area (Å²) in [6.45, 7) is 3.18. The highest BCUT2D eigenvalue weighted by Gasteiger charge is 2.31. The van der Waals surface area contributed by atoms with Crippen LogP contribution in [0.4, 0.5) is 0 Å². The standard InChI is InChI=1S/C11H16ClN3O3S/c1-2-5-8-10(19(12,17)18)9(14-13-8)11(16)15-6-3-4-7-15/h2-7H2,1H3,(H,13,14). The molecule has 1 aromatic heterocycles. The topological polar surface area (TPSA) is 83.1 Å². The van der Waals surface area contributed by atoms with E-state index in [0.29, 0.717) is 25.2 Å². The first-order chi connectivity index (χ1) is 8.95. The Kier molecular flexibility index (Phi) is 4.15. The number of aryl methyl sites for hydroxylation is 1. The molecule has 8 heteroatoms. The van der Waals surface area contributed by atoms with Crippen molar-refractivity contribution in [2.75, 3.05) is 13.1 Å². The van der Waals surface area contributed by atoms with Gasteiger partial charge < -0.3 is 4.90 Å². The van der Waals surface area contributed by atoms with E-state index in [2.05, 4.69) is 10.2 Å². The summed E-state index contributed by atoms with van der Waals surface area (Å²) >= 11 is 0. The number of carbonyl (C=O) groups is 1. The molecule has 1 N–H and O–H groups in total. The lowest BCUT2D eigenvalue weighted by atomic mass is 10.2. The zero-order valence-electron chi connectivity index (χ0n) is 10.6. The van der Waals surface area contributed by atoms with E-state index in [4.69, 9.17) is 10.7 Å². The van der Waals surface area contributed by atoms with Crippen LogP contribution in [0.5, 0.6) is 0 Å². The lowest BCUT2D eigenvalue weighted by Crippen LogP contribution is -2.29. The summed E-state index contributed by atoms with van der Waals surface area (Å²) in [5.74, 6) is -0.365. The molecule has 6 nitrogen and oxygen atoms in total. The summed E-state index contributed by atoms with van der Waals surface area (Å²) in [4.78, 5) is 13.7. The van der Waals surface area contributed by atoms with Crippen LogP contribution >= 0.6 is 10.7 Å². The molecule has 1 fully saturated rings. The summed E-state index contributed by atoms with van der Waals surface area (Å²) in [6.07, 6.45) is 3.09. The van der Waals surface area contributed by atoms with E-state index in [-0.39, 0.29) is 16.5 Å². The third kappa shape index (κ3) is 2.92. The Morgan fingerprint density at radius 3 is 2.58 bits per heavy atom. The molecule has 0 spiro atoms. The minimum atomic E-state index is -3.99. The molecule has 0 bridgehead atoms. The van der Waals surface area contributed by atoms with Gasteiger partial charge in [0.2, 0.25) is 0 Å². The Morgan fingerprint density at radius 2 is 2.05 bits per heavy atom. The fraction of sp³-hybridized carbons (Fsp3) is 0.636. The van der Waals surface area contributed by atoms with Crippen molar-refractivity contribution in [2.24, 2.45) is 0 Å². The van der Waals surface area contributed by atoms with Gasteiger partial charge in [-0.15, -0.1) is 0 Å². The molecular weight excluding hydrogens is 290 g/mol. The zero-order chi connectivity index (χ0) is 14.0. The number of rotatable bonds is 4. The van der Waals surface area contributed by atoms with Gasteiger partial charge in [0.1, 0.15) is 4.90 Å². The largest absolute Gasteiger partial charge is 0.337 e. The lowest BCUT2D eigenvalue weighted by molar-refractivity contribution is 0.0783. The maximum absolute atomic E-state index is 12.3. The molecule has 0 unspecified atom stereocenters. The average molecular weight is 306 g/mol. The number of aromatic amines is 1. The summed E-state index contributed by atoms with van der Waals surface area (Å²) in [5, 5.41) is 6.49. The number of carbonyl (C=O) groups excluding carboxylic acids is 1. The molecule has 1 amide bonds. The zero-order valence-corrected chi connectivity index (χ0v) is 12.2. The number of amides is 1. The van der Waals surface area contributed by atoms with Crippen LogP contribution in [0, 0.1) is 0 Å². The maximum atomic E-state index is 12.3. The minimum Gasteiger partial charge on any atom is -0.337 e. The van der Waals surface area contributed by atoms with Crippen LogP contribution in [-0.2, 0) is 15.5 Å². The third-order valence-corrected chi connectivity index (χ3v) is 4.52. The Balaban J connectivity index is 2.42. The molecule has 106 valence electrons. The van der Waals surface area contributed by atoms with Gasteiger partial charge in [-0.05, 0) is 19.3 Å². The van der Waals surface area contributed by atoms with Gasteiger partial charge in [0, 0.05) is 23.8 Å². The molecular formula is C11H16ClN3O3S. The molecule has 1 aliphatic heterocycles. The van der Waals surface area contributed by atoms with E-state index >= 15 is 0 Å². The molecule has 0 radical (unpaired) electrons. The smallest absolute Gasteiger partial charge is 0.275 e. The monoisotopic (exact) mass is 305 g/mol. The number of nitrogens with zero attached hydrogens (tertiary/aromatic N) is 2. The second-order valence-corrected chi connectivity index (χ2v) is 7.07. The highest BCUT2D eigenvalue weighted by molar-refractivity contribution is 8.13. The predicted molar refractivity (Wildman–Crippen MR) is 70.8 cm³/mol. The second kappa shape index (κ2) is 5.50. The summed E-state index contributed by atoms with van der Waals surface area (Å²) in [7, 11) is 1.45. The van der Waals surface area contributed by atoms with E-state index < -0.39 is 9.05 Å². The molecule has 2 rings (SSSR count). The minimum absolute atomic E-state index is 0.0830. The van der Waals surface area contributed by atoms with Crippen molar-refractivity contribution < 1.29 is 13.2 Å². The summed E-state index contributed by atoms with van der Waals surface area (Å²) in [6, 6.07) is 0. The van der Waals surface area contributed by atoms with Crippen LogP contribution in [0.3, 0.4) is 0 Å². The molecule has 1 saturated heterocycles. The average Bonchev–Trinajstić information content (AvgIpc) is 2.96. The number of hydrogen-bond donors (Lipinski definition) is 1. The second-order valence-electron chi connectivity index (χ2n) is 4.57. The number of likely N-dealkylation sites (tertiary alicyclic amines) is 1. The highest BCUT2D eigenvalue weighted by Crippen LogP contribution is 2.25. The van der Waals surface area contributed by atoms with Crippen molar-refractivity contribution in [2.45, 2.75) is 37.5 Å². The third-order valence-electron chi connectivity index (χ3n) is 3.13. The molecule has 0 aliphatic carbocycles.